The first kappa shape index (κ1) is 20.4. The van der Waals surface area contributed by atoms with E-state index >= 15 is 0 Å². The van der Waals surface area contributed by atoms with Crippen molar-refractivity contribution in [1.29, 1.82) is 0 Å². The number of imide groups is 1. The molecule has 30 heavy (non-hydrogen) atoms. The highest BCUT2D eigenvalue weighted by molar-refractivity contribution is 8.00. The van der Waals surface area contributed by atoms with E-state index in [4.69, 9.17) is 11.6 Å². The Balaban J connectivity index is 1.66. The van der Waals surface area contributed by atoms with Gasteiger partial charge in [0.25, 0.3) is 0 Å². The van der Waals surface area contributed by atoms with Crippen molar-refractivity contribution in [2.75, 3.05) is 13.1 Å². The molecule has 1 fully saturated rings. The first-order chi connectivity index (χ1) is 14.5. The van der Waals surface area contributed by atoms with E-state index in [0.717, 1.165) is 11.1 Å². The van der Waals surface area contributed by atoms with Crippen molar-refractivity contribution in [3.63, 3.8) is 0 Å². The summed E-state index contributed by atoms with van der Waals surface area (Å²) in [6.45, 7) is 3.16. The third kappa shape index (κ3) is 4.20. The third-order valence-electron chi connectivity index (χ3n) is 4.77. The number of aromatic nitrogens is 3. The summed E-state index contributed by atoms with van der Waals surface area (Å²) < 4.78 is 1.95. The zero-order valence-electron chi connectivity index (χ0n) is 16.3. The van der Waals surface area contributed by atoms with Crippen LogP contribution in [0.25, 0.3) is 11.4 Å². The Morgan fingerprint density at radius 3 is 2.60 bits per heavy atom. The van der Waals surface area contributed by atoms with Crippen LogP contribution in [0.3, 0.4) is 0 Å². The predicted octanol–water partition coefficient (Wildman–Crippen LogP) is 3.68. The molecule has 0 saturated carbocycles. The lowest BCUT2D eigenvalue weighted by Gasteiger charge is -2.18. The summed E-state index contributed by atoms with van der Waals surface area (Å²) in [5, 5.41) is 12.0. The van der Waals surface area contributed by atoms with E-state index in [1.54, 1.807) is 6.92 Å². The van der Waals surface area contributed by atoms with Crippen molar-refractivity contribution in [3.8, 4) is 11.4 Å². The number of nitrogens with zero attached hydrogens (tertiary/aromatic N) is 4. The Morgan fingerprint density at radius 2 is 1.90 bits per heavy atom. The van der Waals surface area contributed by atoms with Gasteiger partial charge < -0.3 is 5.32 Å². The van der Waals surface area contributed by atoms with Crippen LogP contribution in [0.5, 0.6) is 0 Å². The lowest BCUT2D eigenvalue weighted by molar-refractivity contribution is -0.126. The highest BCUT2D eigenvalue weighted by Gasteiger charge is 2.31. The third-order valence-corrected chi connectivity index (χ3v) is 6.17. The summed E-state index contributed by atoms with van der Waals surface area (Å²) in [6.07, 6.45) is 0. The average Bonchev–Trinajstić information content (AvgIpc) is 3.35. The highest BCUT2D eigenvalue weighted by Crippen LogP contribution is 2.31. The van der Waals surface area contributed by atoms with Gasteiger partial charge in [-0.2, -0.15) is 0 Å². The number of nitrogens with one attached hydrogen (secondary N) is 1. The van der Waals surface area contributed by atoms with Gasteiger partial charge >= 0.3 is 6.03 Å². The maximum absolute atomic E-state index is 12.7. The summed E-state index contributed by atoms with van der Waals surface area (Å²) >= 11 is 7.69. The van der Waals surface area contributed by atoms with Crippen LogP contribution in [-0.4, -0.2) is 49.9 Å². The summed E-state index contributed by atoms with van der Waals surface area (Å²) in [5.41, 5.74) is 1.85. The molecule has 154 valence electrons. The van der Waals surface area contributed by atoms with Gasteiger partial charge in [-0.05, 0) is 24.6 Å². The quantitative estimate of drug-likeness (QED) is 0.590. The smallest absolute Gasteiger partial charge is 0.324 e. The lowest BCUT2D eigenvalue weighted by Crippen LogP contribution is -2.39. The molecule has 0 aliphatic carbocycles. The molecule has 3 amide bonds. The number of hydrogen-bond acceptors (Lipinski definition) is 5. The zero-order chi connectivity index (χ0) is 21.1. The summed E-state index contributed by atoms with van der Waals surface area (Å²) in [5.74, 6) is 0.383. The van der Waals surface area contributed by atoms with E-state index in [-0.39, 0.29) is 11.9 Å². The largest absolute Gasteiger partial charge is 0.336 e. The minimum Gasteiger partial charge on any atom is -0.336 e. The van der Waals surface area contributed by atoms with Gasteiger partial charge in [-0.25, -0.2) is 4.79 Å². The van der Waals surface area contributed by atoms with E-state index in [0.29, 0.717) is 35.6 Å². The van der Waals surface area contributed by atoms with Crippen LogP contribution in [0.2, 0.25) is 5.02 Å². The second-order valence-corrected chi connectivity index (χ2v) is 8.55. The summed E-state index contributed by atoms with van der Waals surface area (Å²) in [6, 6.07) is 17.1. The van der Waals surface area contributed by atoms with Crippen LogP contribution >= 0.6 is 23.4 Å². The molecule has 7 nitrogen and oxygen atoms in total. The number of carbonyl (C=O) groups is 2. The van der Waals surface area contributed by atoms with Gasteiger partial charge in [0.1, 0.15) is 0 Å². The molecule has 1 aliphatic heterocycles. The molecular formula is C21H20ClN5O2S. The lowest BCUT2D eigenvalue weighted by atomic mass is 10.2. The van der Waals surface area contributed by atoms with E-state index in [9.17, 15) is 9.59 Å². The second kappa shape index (κ2) is 8.89. The monoisotopic (exact) mass is 441 g/mol. The highest BCUT2D eigenvalue weighted by atomic mass is 35.5. The van der Waals surface area contributed by atoms with Crippen LogP contribution in [0.4, 0.5) is 4.79 Å². The number of halogens is 1. The first-order valence-corrected chi connectivity index (χ1v) is 10.8. The average molecular weight is 442 g/mol. The summed E-state index contributed by atoms with van der Waals surface area (Å²) in [7, 11) is 0. The number of carbonyl (C=O) groups excluding carboxylic acids is 2. The molecule has 0 spiro atoms. The molecule has 3 aromatic rings. The molecule has 0 bridgehead atoms. The van der Waals surface area contributed by atoms with E-state index < -0.39 is 5.25 Å². The number of rotatable bonds is 6. The van der Waals surface area contributed by atoms with Gasteiger partial charge in [0.15, 0.2) is 11.0 Å². The Labute approximate surface area is 183 Å². The van der Waals surface area contributed by atoms with Gasteiger partial charge in [0.05, 0.1) is 16.8 Å². The maximum atomic E-state index is 12.7. The molecule has 1 aromatic heterocycles. The van der Waals surface area contributed by atoms with Gasteiger partial charge in [-0.1, -0.05) is 65.8 Å². The van der Waals surface area contributed by atoms with Crippen LogP contribution in [0, 0.1) is 0 Å². The maximum Gasteiger partial charge on any atom is 0.324 e. The Morgan fingerprint density at radius 1 is 1.17 bits per heavy atom. The van der Waals surface area contributed by atoms with E-state index in [2.05, 4.69) is 15.5 Å². The van der Waals surface area contributed by atoms with Gasteiger partial charge in [-0.15, -0.1) is 10.2 Å². The van der Waals surface area contributed by atoms with Gasteiger partial charge in [-0.3, -0.25) is 14.3 Å². The molecule has 2 heterocycles. The molecule has 1 N–H and O–H groups in total. The molecule has 1 aliphatic rings. The molecule has 1 atom stereocenters. The Hall–Kier alpha value is -2.84. The number of hydrogen-bond donors (Lipinski definition) is 1. The SMILES string of the molecule is CC(Sc1nnc(-c2ccccc2Cl)n1Cc1ccccc1)C(=O)N1CCNC1=O. The van der Waals surface area contributed by atoms with E-state index in [1.807, 2.05) is 59.2 Å². The van der Waals surface area contributed by atoms with Crippen molar-refractivity contribution >= 4 is 35.3 Å². The fourth-order valence-corrected chi connectivity index (χ4v) is 4.37. The Bertz CT molecular complexity index is 1070. The number of amides is 3. The molecular weight excluding hydrogens is 422 g/mol. The van der Waals surface area contributed by atoms with Crippen molar-refractivity contribution < 1.29 is 9.59 Å². The summed E-state index contributed by atoms with van der Waals surface area (Å²) in [4.78, 5) is 25.8. The fraction of sp³-hybridized carbons (Fsp3) is 0.238. The minimum atomic E-state index is -0.494. The fourth-order valence-electron chi connectivity index (χ4n) is 3.24. The standard InChI is InChI=1S/C21H20ClN5O2S/c1-14(19(28)26-12-11-23-20(26)29)30-21-25-24-18(16-9-5-6-10-17(16)22)27(21)13-15-7-3-2-4-8-15/h2-10,14H,11-13H2,1H3,(H,23,29). The van der Waals surface area contributed by atoms with Crippen LogP contribution < -0.4 is 5.32 Å². The topological polar surface area (TPSA) is 80.1 Å². The zero-order valence-corrected chi connectivity index (χ0v) is 17.9. The van der Waals surface area contributed by atoms with Crippen molar-refractivity contribution in [3.05, 3.63) is 65.2 Å². The minimum absolute atomic E-state index is 0.247. The van der Waals surface area contributed by atoms with E-state index in [1.165, 1.54) is 16.7 Å². The van der Waals surface area contributed by atoms with Crippen LogP contribution in [0.1, 0.15) is 12.5 Å². The molecule has 2 aromatic carbocycles. The first-order valence-electron chi connectivity index (χ1n) is 9.52. The number of thioether (sulfide) groups is 1. The normalized spacial score (nSPS) is 14.6. The second-order valence-electron chi connectivity index (χ2n) is 6.84. The molecule has 4 rings (SSSR count). The predicted molar refractivity (Wildman–Crippen MR) is 116 cm³/mol. The molecule has 9 heteroatoms. The molecule has 1 saturated heterocycles. The number of benzene rings is 2. The van der Waals surface area contributed by atoms with Crippen LogP contribution in [-0.2, 0) is 11.3 Å². The van der Waals surface area contributed by atoms with Crippen molar-refractivity contribution in [1.82, 2.24) is 25.0 Å². The molecule has 1 unspecified atom stereocenters. The molecule has 0 radical (unpaired) electrons. The number of urea groups is 1. The van der Waals surface area contributed by atoms with Gasteiger partial charge in [0.2, 0.25) is 5.91 Å². The van der Waals surface area contributed by atoms with Crippen molar-refractivity contribution in [2.24, 2.45) is 0 Å². The van der Waals surface area contributed by atoms with Crippen LogP contribution in [0.15, 0.2) is 59.8 Å². The Kier molecular flexibility index (Phi) is 6.06. The van der Waals surface area contributed by atoms with Crippen molar-refractivity contribution in [2.45, 2.75) is 23.9 Å². The van der Waals surface area contributed by atoms with Gasteiger partial charge in [0, 0.05) is 18.7 Å².